The van der Waals surface area contributed by atoms with Gasteiger partial charge in [-0.05, 0) is 67.1 Å². The van der Waals surface area contributed by atoms with Crippen LogP contribution >= 0.6 is 11.6 Å². The largest absolute Gasteiger partial charge is 0.423 e. The van der Waals surface area contributed by atoms with E-state index in [1.54, 1.807) is 54.6 Å². The van der Waals surface area contributed by atoms with E-state index < -0.39 is 16.0 Å². The number of hydrogen-bond donors (Lipinski definition) is 1. The van der Waals surface area contributed by atoms with Crippen molar-refractivity contribution in [3.63, 3.8) is 0 Å². The minimum atomic E-state index is -3.73. The quantitative estimate of drug-likeness (QED) is 0.276. The summed E-state index contributed by atoms with van der Waals surface area (Å²) in [6.45, 7) is 1.87. The minimum Gasteiger partial charge on any atom is -0.423 e. The zero-order valence-electron chi connectivity index (χ0n) is 15.4. The van der Waals surface area contributed by atoms with Crippen LogP contribution in [0.1, 0.15) is 21.5 Å². The van der Waals surface area contributed by atoms with Crippen LogP contribution in [0.5, 0.6) is 5.75 Å². The number of sulfonamides is 1. The molecule has 0 heterocycles. The Morgan fingerprint density at radius 2 is 1.72 bits per heavy atom. The molecule has 0 bridgehead atoms. The van der Waals surface area contributed by atoms with E-state index >= 15 is 0 Å². The van der Waals surface area contributed by atoms with Crippen molar-refractivity contribution in [2.45, 2.75) is 11.8 Å². The molecule has 0 amide bonds. The van der Waals surface area contributed by atoms with Gasteiger partial charge in [0, 0.05) is 5.02 Å². The van der Waals surface area contributed by atoms with Gasteiger partial charge in [0.15, 0.2) is 0 Å². The van der Waals surface area contributed by atoms with E-state index in [0.717, 1.165) is 5.56 Å². The van der Waals surface area contributed by atoms with Gasteiger partial charge in [0.05, 0.1) is 16.7 Å². The third kappa shape index (κ3) is 5.66. The highest BCUT2D eigenvalue weighted by atomic mass is 35.5. The van der Waals surface area contributed by atoms with E-state index in [4.69, 9.17) is 16.3 Å². The number of rotatable bonds is 6. The molecule has 0 aliphatic rings. The summed E-state index contributed by atoms with van der Waals surface area (Å²) in [5, 5.41) is 4.22. The summed E-state index contributed by atoms with van der Waals surface area (Å²) in [4.78, 5) is 14.4. The Labute approximate surface area is 173 Å². The van der Waals surface area contributed by atoms with Gasteiger partial charge in [-0.2, -0.15) is 13.5 Å². The summed E-state index contributed by atoms with van der Waals surface area (Å²) in [7, 11) is -3.73. The van der Waals surface area contributed by atoms with Crippen LogP contribution in [0.15, 0.2) is 82.8 Å². The molecule has 0 fully saturated rings. The molecule has 0 aliphatic heterocycles. The first kappa shape index (κ1) is 20.6. The normalized spacial score (nSPS) is 11.4. The molecular formula is C21H17ClN2O4S. The third-order valence-electron chi connectivity index (χ3n) is 3.87. The topological polar surface area (TPSA) is 84.8 Å². The Bertz CT molecular complexity index is 1140. The fraction of sp³-hybridized carbons (Fsp3) is 0.0476. The van der Waals surface area contributed by atoms with Gasteiger partial charge in [-0.1, -0.05) is 35.4 Å². The van der Waals surface area contributed by atoms with E-state index in [-0.39, 0.29) is 4.90 Å². The summed E-state index contributed by atoms with van der Waals surface area (Å²) in [5.41, 5.74) is 1.93. The number of nitrogens with zero attached hydrogens (tertiary/aromatic N) is 1. The van der Waals surface area contributed by atoms with E-state index in [2.05, 4.69) is 9.93 Å². The molecule has 1 N–H and O–H groups in total. The lowest BCUT2D eigenvalue weighted by Crippen LogP contribution is -2.18. The van der Waals surface area contributed by atoms with Crippen molar-refractivity contribution in [2.24, 2.45) is 5.10 Å². The van der Waals surface area contributed by atoms with Crippen LogP contribution in [0.2, 0.25) is 5.02 Å². The Morgan fingerprint density at radius 3 is 2.38 bits per heavy atom. The number of hydrogen-bond acceptors (Lipinski definition) is 5. The fourth-order valence-electron chi connectivity index (χ4n) is 2.34. The van der Waals surface area contributed by atoms with Crippen LogP contribution in [0.3, 0.4) is 0 Å². The van der Waals surface area contributed by atoms with Crippen molar-refractivity contribution in [2.75, 3.05) is 0 Å². The molecule has 6 nitrogen and oxygen atoms in total. The first-order chi connectivity index (χ1) is 13.8. The molecule has 0 radical (unpaired) electrons. The highest BCUT2D eigenvalue weighted by Gasteiger charge is 2.12. The first-order valence-electron chi connectivity index (χ1n) is 8.53. The summed E-state index contributed by atoms with van der Waals surface area (Å²) >= 11 is 5.87. The molecule has 3 aromatic rings. The van der Waals surface area contributed by atoms with Crippen molar-refractivity contribution in [1.82, 2.24) is 4.83 Å². The number of carbonyl (C=O) groups excluding carboxylic acids is 1. The van der Waals surface area contributed by atoms with Gasteiger partial charge in [-0.25, -0.2) is 9.63 Å². The molecule has 8 heteroatoms. The third-order valence-corrected chi connectivity index (χ3v) is 5.34. The Morgan fingerprint density at radius 1 is 1.03 bits per heavy atom. The summed E-state index contributed by atoms with van der Waals surface area (Å²) in [6.07, 6.45) is 1.36. The molecule has 148 valence electrons. The number of aryl methyl sites for hydroxylation is 1. The van der Waals surface area contributed by atoms with Crippen molar-refractivity contribution in [1.29, 1.82) is 0 Å². The van der Waals surface area contributed by atoms with Crippen molar-refractivity contribution >= 4 is 33.8 Å². The van der Waals surface area contributed by atoms with Crippen molar-refractivity contribution in [3.8, 4) is 5.75 Å². The zero-order chi connectivity index (χ0) is 20.9. The number of ether oxygens (including phenoxy) is 1. The molecule has 0 aromatic heterocycles. The van der Waals surface area contributed by atoms with Crippen molar-refractivity contribution in [3.05, 3.63) is 94.5 Å². The number of nitrogens with one attached hydrogen (secondary N) is 1. The second kappa shape index (κ2) is 8.89. The molecule has 29 heavy (non-hydrogen) atoms. The van der Waals surface area contributed by atoms with Crippen LogP contribution in [0, 0.1) is 6.92 Å². The monoisotopic (exact) mass is 428 g/mol. The summed E-state index contributed by atoms with van der Waals surface area (Å²) in [6, 6.07) is 19.3. The Kier molecular flexibility index (Phi) is 6.31. The number of halogens is 1. The lowest BCUT2D eigenvalue weighted by molar-refractivity contribution is 0.0734. The molecule has 3 rings (SSSR count). The molecular weight excluding hydrogens is 412 g/mol. The number of hydrazone groups is 1. The van der Waals surface area contributed by atoms with Crippen LogP contribution < -0.4 is 9.57 Å². The van der Waals surface area contributed by atoms with Gasteiger partial charge in [-0.3, -0.25) is 0 Å². The number of benzene rings is 3. The maximum Gasteiger partial charge on any atom is 0.343 e. The van der Waals surface area contributed by atoms with Gasteiger partial charge in [0.2, 0.25) is 0 Å². The zero-order valence-corrected chi connectivity index (χ0v) is 16.9. The van der Waals surface area contributed by atoms with Crippen molar-refractivity contribution < 1.29 is 17.9 Å². The molecule has 0 spiro atoms. The molecule has 0 atom stereocenters. The highest BCUT2D eigenvalue weighted by molar-refractivity contribution is 7.89. The van der Waals surface area contributed by atoms with Gasteiger partial charge in [0.1, 0.15) is 5.75 Å². The Hall–Kier alpha value is -3.16. The van der Waals surface area contributed by atoms with Crippen LogP contribution in [0.4, 0.5) is 0 Å². The fourth-order valence-corrected chi connectivity index (χ4v) is 3.33. The molecule has 0 saturated carbocycles. The van der Waals surface area contributed by atoms with Crippen LogP contribution in [-0.4, -0.2) is 20.6 Å². The molecule has 0 unspecified atom stereocenters. The maximum atomic E-state index is 12.2. The van der Waals surface area contributed by atoms with E-state index in [9.17, 15) is 13.2 Å². The Balaban J connectivity index is 1.61. The average Bonchev–Trinajstić information content (AvgIpc) is 2.69. The lowest BCUT2D eigenvalue weighted by Gasteiger charge is -2.05. The first-order valence-corrected chi connectivity index (χ1v) is 10.4. The van der Waals surface area contributed by atoms with Gasteiger partial charge >= 0.3 is 5.97 Å². The van der Waals surface area contributed by atoms with Gasteiger partial charge in [0.25, 0.3) is 10.0 Å². The number of carbonyl (C=O) groups is 1. The average molecular weight is 429 g/mol. The second-order valence-electron chi connectivity index (χ2n) is 6.13. The van der Waals surface area contributed by atoms with E-state index in [1.165, 1.54) is 24.4 Å². The van der Waals surface area contributed by atoms with Crippen LogP contribution in [0.25, 0.3) is 0 Å². The van der Waals surface area contributed by atoms with Gasteiger partial charge in [-0.15, -0.1) is 0 Å². The highest BCUT2D eigenvalue weighted by Crippen LogP contribution is 2.16. The van der Waals surface area contributed by atoms with E-state index in [1.807, 2.05) is 6.92 Å². The summed E-state index contributed by atoms with van der Waals surface area (Å²) in [5.74, 6) is -0.188. The molecule has 0 aliphatic carbocycles. The molecule has 0 saturated heterocycles. The smallest absolute Gasteiger partial charge is 0.343 e. The summed E-state index contributed by atoms with van der Waals surface area (Å²) < 4.78 is 29.6. The second-order valence-corrected chi connectivity index (χ2v) is 8.23. The minimum absolute atomic E-state index is 0.128. The predicted molar refractivity (Wildman–Crippen MR) is 112 cm³/mol. The maximum absolute atomic E-state index is 12.2. The standard InChI is InChI=1S/C21H17ClN2O4S/c1-15-5-11-20(12-6-15)29(26,27)24-23-14-16-7-9-19(10-8-16)28-21(25)17-3-2-4-18(22)13-17/h2-14,24H,1H3/b23-14-. The number of esters is 1. The molecule has 3 aromatic carbocycles. The van der Waals surface area contributed by atoms with Gasteiger partial charge < -0.3 is 4.74 Å². The lowest BCUT2D eigenvalue weighted by atomic mass is 10.2. The van der Waals surface area contributed by atoms with Crippen LogP contribution in [-0.2, 0) is 10.0 Å². The SMILES string of the molecule is Cc1ccc(S(=O)(=O)N/N=C\c2ccc(OC(=O)c3cccc(Cl)c3)cc2)cc1. The predicted octanol–water partition coefficient (Wildman–Crippen LogP) is 4.18. The van der Waals surface area contributed by atoms with E-state index in [0.29, 0.717) is 21.9 Å².